The molecule has 5 nitrogen and oxygen atoms in total. The molecule has 0 spiro atoms. The van der Waals surface area contributed by atoms with Crippen molar-refractivity contribution in [2.45, 2.75) is 19.4 Å². The highest BCUT2D eigenvalue weighted by molar-refractivity contribution is 7.86. The molecular weight excluding hydrogens is 262 g/mol. The van der Waals surface area contributed by atoms with E-state index in [2.05, 4.69) is 11.8 Å². The van der Waals surface area contributed by atoms with Gasteiger partial charge in [-0.1, -0.05) is 37.3 Å². The molecular formula is C13H21N3O2S. The van der Waals surface area contributed by atoms with Crippen molar-refractivity contribution >= 4 is 10.2 Å². The Morgan fingerprint density at radius 1 is 1.26 bits per heavy atom. The van der Waals surface area contributed by atoms with Crippen LogP contribution in [0.1, 0.15) is 24.9 Å². The highest BCUT2D eigenvalue weighted by Crippen LogP contribution is 2.26. The zero-order chi connectivity index (χ0) is 13.9. The normalized spacial score (nSPS) is 22.5. The van der Waals surface area contributed by atoms with E-state index in [0.717, 1.165) is 25.1 Å². The molecule has 0 bridgehead atoms. The molecule has 1 atom stereocenters. The third-order valence-electron chi connectivity index (χ3n) is 3.47. The van der Waals surface area contributed by atoms with Crippen molar-refractivity contribution in [3.8, 4) is 0 Å². The third kappa shape index (κ3) is 3.54. The van der Waals surface area contributed by atoms with Crippen LogP contribution in [0.3, 0.4) is 0 Å². The molecule has 6 heteroatoms. The summed E-state index contributed by atoms with van der Waals surface area (Å²) in [4.78, 5) is 2.29. The largest absolute Gasteiger partial charge is 0.300 e. The van der Waals surface area contributed by atoms with Crippen molar-refractivity contribution in [1.29, 1.82) is 0 Å². The molecule has 0 saturated carbocycles. The van der Waals surface area contributed by atoms with Crippen molar-refractivity contribution in [2.75, 3.05) is 26.2 Å². The van der Waals surface area contributed by atoms with E-state index in [1.165, 1.54) is 4.31 Å². The minimum absolute atomic E-state index is 0.184. The van der Waals surface area contributed by atoms with Gasteiger partial charge in [-0.05, 0) is 18.5 Å². The van der Waals surface area contributed by atoms with Crippen molar-refractivity contribution in [3.05, 3.63) is 35.9 Å². The Morgan fingerprint density at radius 3 is 2.53 bits per heavy atom. The minimum Gasteiger partial charge on any atom is -0.300 e. The van der Waals surface area contributed by atoms with Crippen molar-refractivity contribution in [2.24, 2.45) is 5.14 Å². The number of hydrogen-bond acceptors (Lipinski definition) is 3. The van der Waals surface area contributed by atoms with Crippen LogP contribution < -0.4 is 5.14 Å². The number of benzene rings is 1. The van der Waals surface area contributed by atoms with Gasteiger partial charge in [-0.25, -0.2) is 5.14 Å². The lowest BCUT2D eigenvalue weighted by molar-refractivity contribution is 0.135. The fourth-order valence-electron chi connectivity index (χ4n) is 2.59. The first-order valence-corrected chi connectivity index (χ1v) is 8.09. The number of nitrogens with two attached hydrogens (primary N) is 1. The lowest BCUT2D eigenvalue weighted by atomic mass is 10.0. The smallest absolute Gasteiger partial charge is 0.277 e. The van der Waals surface area contributed by atoms with Gasteiger partial charge in [0.05, 0.1) is 6.04 Å². The predicted molar refractivity (Wildman–Crippen MR) is 75.7 cm³/mol. The minimum atomic E-state index is -3.65. The maximum absolute atomic E-state index is 11.7. The summed E-state index contributed by atoms with van der Waals surface area (Å²) < 4.78 is 24.9. The van der Waals surface area contributed by atoms with E-state index in [1.807, 2.05) is 30.3 Å². The van der Waals surface area contributed by atoms with Gasteiger partial charge < -0.3 is 4.90 Å². The van der Waals surface area contributed by atoms with Crippen LogP contribution in [0.2, 0.25) is 0 Å². The summed E-state index contributed by atoms with van der Waals surface area (Å²) in [6, 6.07) is 9.51. The number of piperazine rings is 1. The molecule has 2 rings (SSSR count). The van der Waals surface area contributed by atoms with E-state index in [0.29, 0.717) is 13.1 Å². The Morgan fingerprint density at radius 2 is 1.95 bits per heavy atom. The van der Waals surface area contributed by atoms with Gasteiger partial charge in [0.2, 0.25) is 0 Å². The van der Waals surface area contributed by atoms with Gasteiger partial charge in [0.1, 0.15) is 0 Å². The Bertz CT molecular complexity index is 504. The van der Waals surface area contributed by atoms with E-state index >= 15 is 0 Å². The summed E-state index contributed by atoms with van der Waals surface area (Å²) in [7, 11) is -3.65. The monoisotopic (exact) mass is 283 g/mol. The second kappa shape index (κ2) is 6.00. The molecule has 106 valence electrons. The Labute approximate surface area is 115 Å². The first-order valence-electron chi connectivity index (χ1n) is 6.59. The summed E-state index contributed by atoms with van der Waals surface area (Å²) in [5, 5.41) is 5.34. The third-order valence-corrected chi connectivity index (χ3v) is 4.56. The first kappa shape index (κ1) is 14.5. The number of rotatable bonds is 4. The van der Waals surface area contributed by atoms with E-state index in [4.69, 9.17) is 5.14 Å². The van der Waals surface area contributed by atoms with Gasteiger partial charge in [0.25, 0.3) is 10.2 Å². The molecule has 1 aliphatic rings. The molecule has 1 aliphatic heterocycles. The lowest BCUT2D eigenvalue weighted by Crippen LogP contribution is -2.52. The van der Waals surface area contributed by atoms with Crippen LogP contribution in [-0.2, 0) is 10.2 Å². The molecule has 1 aromatic carbocycles. The second-order valence-corrected chi connectivity index (χ2v) is 6.38. The topological polar surface area (TPSA) is 66.6 Å². The average Bonchev–Trinajstić information content (AvgIpc) is 2.39. The Balaban J connectivity index is 2.26. The van der Waals surface area contributed by atoms with Gasteiger partial charge in [-0.15, -0.1) is 0 Å². The van der Waals surface area contributed by atoms with Crippen molar-refractivity contribution in [3.63, 3.8) is 0 Å². The molecule has 2 N–H and O–H groups in total. The molecule has 0 amide bonds. The zero-order valence-electron chi connectivity index (χ0n) is 11.2. The second-order valence-electron chi connectivity index (χ2n) is 4.88. The van der Waals surface area contributed by atoms with Crippen LogP contribution in [0.4, 0.5) is 0 Å². The maximum Gasteiger partial charge on any atom is 0.277 e. The Kier molecular flexibility index (Phi) is 4.57. The van der Waals surface area contributed by atoms with Crippen LogP contribution in [0.5, 0.6) is 0 Å². The van der Waals surface area contributed by atoms with E-state index in [1.54, 1.807) is 0 Å². The quantitative estimate of drug-likeness (QED) is 0.895. The van der Waals surface area contributed by atoms with E-state index in [-0.39, 0.29) is 6.04 Å². The lowest BCUT2D eigenvalue weighted by Gasteiger charge is -2.39. The summed E-state index contributed by atoms with van der Waals surface area (Å²) >= 11 is 0. The number of nitrogens with zero attached hydrogens (tertiary/aromatic N) is 2. The van der Waals surface area contributed by atoms with Crippen LogP contribution in [0.15, 0.2) is 30.3 Å². The van der Waals surface area contributed by atoms with Gasteiger partial charge in [-0.3, -0.25) is 0 Å². The highest BCUT2D eigenvalue weighted by atomic mass is 32.2. The molecule has 1 saturated heterocycles. The summed E-state index contributed by atoms with van der Waals surface area (Å²) in [5.74, 6) is 0. The average molecular weight is 283 g/mol. The summed E-state index contributed by atoms with van der Waals surface area (Å²) in [5.41, 5.74) is 0.998. The molecule has 1 fully saturated rings. The first-order chi connectivity index (χ1) is 9.02. The Hall–Kier alpha value is -0.950. The maximum atomic E-state index is 11.7. The van der Waals surface area contributed by atoms with Gasteiger partial charge in [0, 0.05) is 19.6 Å². The zero-order valence-corrected chi connectivity index (χ0v) is 12.0. The van der Waals surface area contributed by atoms with E-state index in [9.17, 15) is 8.42 Å². The molecule has 1 unspecified atom stereocenters. The summed E-state index contributed by atoms with van der Waals surface area (Å²) in [6.07, 6.45) is 1.07. The standard InChI is InChI=1S/C13H21N3O2S/c1-2-8-15-9-10-16(19(14,17)18)13(11-15)12-6-4-3-5-7-12/h3-7,13H,2,8-11H2,1H3,(H2,14,17,18). The molecule has 0 aromatic heterocycles. The van der Waals surface area contributed by atoms with Crippen LogP contribution in [0.25, 0.3) is 0 Å². The molecule has 19 heavy (non-hydrogen) atoms. The highest BCUT2D eigenvalue weighted by Gasteiger charge is 2.33. The van der Waals surface area contributed by atoms with Crippen molar-refractivity contribution < 1.29 is 8.42 Å². The molecule has 0 aliphatic carbocycles. The summed E-state index contributed by atoms with van der Waals surface area (Å²) in [6.45, 7) is 5.02. The van der Waals surface area contributed by atoms with Gasteiger partial charge in [-0.2, -0.15) is 12.7 Å². The molecule has 1 heterocycles. The van der Waals surface area contributed by atoms with Crippen LogP contribution >= 0.6 is 0 Å². The molecule has 1 aromatic rings. The van der Waals surface area contributed by atoms with E-state index < -0.39 is 10.2 Å². The fourth-order valence-corrected chi connectivity index (χ4v) is 3.47. The molecule has 0 radical (unpaired) electrons. The number of hydrogen-bond donors (Lipinski definition) is 1. The predicted octanol–water partition coefficient (Wildman–Crippen LogP) is 0.959. The van der Waals surface area contributed by atoms with Crippen molar-refractivity contribution in [1.82, 2.24) is 9.21 Å². The van der Waals surface area contributed by atoms with Crippen LogP contribution in [0, 0.1) is 0 Å². The SMILES string of the molecule is CCCN1CCN(S(N)(=O)=O)C(c2ccccc2)C1. The fraction of sp³-hybridized carbons (Fsp3) is 0.538. The van der Waals surface area contributed by atoms with Gasteiger partial charge >= 0.3 is 0 Å². The van der Waals surface area contributed by atoms with Crippen LogP contribution in [-0.4, -0.2) is 43.8 Å². The van der Waals surface area contributed by atoms with Gasteiger partial charge in [0.15, 0.2) is 0 Å².